The van der Waals surface area contributed by atoms with Gasteiger partial charge in [0.2, 0.25) is 5.91 Å². The molecular weight excluding hydrogens is 280 g/mol. The Balaban J connectivity index is 0.00000441. The van der Waals surface area contributed by atoms with Gasteiger partial charge in [-0.3, -0.25) is 4.79 Å². The van der Waals surface area contributed by atoms with Crippen LogP contribution in [0, 0.1) is 13.8 Å². The molecule has 1 aromatic rings. The van der Waals surface area contributed by atoms with Crippen molar-refractivity contribution in [2.24, 2.45) is 5.11 Å². The number of aryl methyl sites for hydroxylation is 2. The van der Waals surface area contributed by atoms with Gasteiger partial charge in [0.05, 0.1) is 0 Å². The minimum absolute atomic E-state index is 0. The number of rotatable bonds is 6. The Morgan fingerprint density at radius 3 is 2.59 bits per heavy atom. The summed E-state index contributed by atoms with van der Waals surface area (Å²) in [5, 5.41) is 6.05. The summed E-state index contributed by atoms with van der Waals surface area (Å²) in [5.41, 5.74) is 11.1. The molecule has 0 spiro atoms. The maximum absolute atomic E-state index is 11.7. The molecule has 0 bridgehead atoms. The normalized spacial score (nSPS) is 10.2. The van der Waals surface area contributed by atoms with E-state index in [1.165, 1.54) is 0 Å². The van der Waals surface area contributed by atoms with Gasteiger partial charge in [-0.15, -0.1) is 0 Å². The lowest BCUT2D eigenvalue weighted by Crippen LogP contribution is -2.29. The third-order valence-electron chi connectivity index (χ3n) is 3.34. The van der Waals surface area contributed by atoms with E-state index in [4.69, 9.17) is 10.3 Å². The molecule has 1 rings (SSSR count). The highest BCUT2D eigenvalue weighted by Gasteiger charge is 2.29. The highest BCUT2D eigenvalue weighted by molar-refractivity contribution is 5.77. The highest BCUT2D eigenvalue weighted by Crippen LogP contribution is 2.37. The van der Waals surface area contributed by atoms with Gasteiger partial charge >= 0.3 is 0 Å². The van der Waals surface area contributed by atoms with Crippen molar-refractivity contribution in [2.75, 3.05) is 13.8 Å². The Labute approximate surface area is 132 Å². The zero-order valence-electron chi connectivity index (χ0n) is 13.2. The predicted molar refractivity (Wildman–Crippen MR) is 89.0 cm³/mol. The van der Waals surface area contributed by atoms with E-state index in [0.29, 0.717) is 12.2 Å². The van der Waals surface area contributed by atoms with Crippen molar-refractivity contribution in [1.29, 1.82) is 0 Å². The standard InChI is InChI=1S/C15H22N4O2.CH4/c1-10-6-11(2)14(12(7-10)21-9-18-19-16)15(3,4)8-13(20)17-5;/h6-7H,8-9H2,1-5H3,(H,17,20);1H4. The Kier molecular flexibility index (Phi) is 7.46. The van der Waals surface area contributed by atoms with Crippen molar-refractivity contribution in [3.63, 3.8) is 0 Å². The van der Waals surface area contributed by atoms with Crippen LogP contribution in [0.4, 0.5) is 0 Å². The SMILES string of the molecule is C.CNC(=O)CC(C)(C)c1c(C)cc(C)cc1OCN=[N+]=[N-]. The number of hydrogen-bond acceptors (Lipinski definition) is 3. The molecule has 0 heterocycles. The van der Waals surface area contributed by atoms with Gasteiger partial charge in [-0.2, -0.15) is 0 Å². The van der Waals surface area contributed by atoms with Gasteiger partial charge in [-0.05, 0) is 36.6 Å². The van der Waals surface area contributed by atoms with Crippen LogP contribution < -0.4 is 10.1 Å². The number of nitrogens with one attached hydrogen (secondary N) is 1. The van der Waals surface area contributed by atoms with Gasteiger partial charge in [0.25, 0.3) is 0 Å². The van der Waals surface area contributed by atoms with Gasteiger partial charge in [-0.25, -0.2) is 0 Å². The summed E-state index contributed by atoms with van der Waals surface area (Å²) in [6.07, 6.45) is 0.352. The molecule has 0 aliphatic heterocycles. The van der Waals surface area contributed by atoms with Gasteiger partial charge in [-0.1, -0.05) is 32.5 Å². The molecule has 0 radical (unpaired) electrons. The summed E-state index contributed by atoms with van der Waals surface area (Å²) >= 11 is 0. The van der Waals surface area contributed by atoms with E-state index in [9.17, 15) is 4.79 Å². The average molecular weight is 306 g/mol. The Bertz CT molecular complexity index is 576. The van der Waals surface area contributed by atoms with Crippen LogP contribution >= 0.6 is 0 Å². The minimum Gasteiger partial charge on any atom is -0.487 e. The molecule has 6 nitrogen and oxygen atoms in total. The van der Waals surface area contributed by atoms with Crippen LogP contribution in [0.5, 0.6) is 5.75 Å². The molecule has 6 heteroatoms. The van der Waals surface area contributed by atoms with Crippen LogP contribution in [0.2, 0.25) is 0 Å². The lowest BCUT2D eigenvalue weighted by atomic mass is 9.78. The summed E-state index contributed by atoms with van der Waals surface area (Å²) in [4.78, 5) is 14.4. The molecule has 1 aromatic carbocycles. The Hall–Kier alpha value is -2.20. The fourth-order valence-corrected chi connectivity index (χ4v) is 2.61. The smallest absolute Gasteiger partial charge is 0.220 e. The van der Waals surface area contributed by atoms with Crippen LogP contribution in [-0.4, -0.2) is 19.7 Å². The zero-order chi connectivity index (χ0) is 16.0. The molecule has 1 amide bonds. The highest BCUT2D eigenvalue weighted by atomic mass is 16.5. The molecule has 122 valence electrons. The molecular formula is C16H26N4O2. The van der Waals surface area contributed by atoms with Crippen LogP contribution in [-0.2, 0) is 10.2 Å². The summed E-state index contributed by atoms with van der Waals surface area (Å²) in [6, 6.07) is 3.96. The fourth-order valence-electron chi connectivity index (χ4n) is 2.61. The second kappa shape index (κ2) is 8.29. The second-order valence-corrected chi connectivity index (χ2v) is 5.69. The number of ether oxygens (including phenoxy) is 1. The lowest BCUT2D eigenvalue weighted by Gasteiger charge is -2.29. The number of benzene rings is 1. The van der Waals surface area contributed by atoms with E-state index < -0.39 is 0 Å². The van der Waals surface area contributed by atoms with Crippen molar-refractivity contribution in [2.45, 2.75) is 47.0 Å². The average Bonchev–Trinajstić information content (AvgIpc) is 2.37. The summed E-state index contributed by atoms with van der Waals surface area (Å²) < 4.78 is 5.59. The number of amides is 1. The van der Waals surface area contributed by atoms with Crippen molar-refractivity contribution in [3.8, 4) is 5.75 Å². The summed E-state index contributed by atoms with van der Waals surface area (Å²) in [5.74, 6) is 0.634. The van der Waals surface area contributed by atoms with Crippen LogP contribution in [0.15, 0.2) is 17.2 Å². The molecule has 0 saturated heterocycles. The summed E-state index contributed by atoms with van der Waals surface area (Å²) in [6.45, 7) is 7.90. The fraction of sp³-hybridized carbons (Fsp3) is 0.562. The monoisotopic (exact) mass is 306 g/mol. The molecule has 0 unspecified atom stereocenters. The molecule has 0 saturated carbocycles. The van der Waals surface area contributed by atoms with Crippen molar-refractivity contribution >= 4 is 5.91 Å². The number of nitrogens with zero attached hydrogens (tertiary/aromatic N) is 3. The Morgan fingerprint density at radius 1 is 1.41 bits per heavy atom. The van der Waals surface area contributed by atoms with Gasteiger partial charge in [0, 0.05) is 29.4 Å². The quantitative estimate of drug-likeness (QED) is 0.489. The van der Waals surface area contributed by atoms with Crippen molar-refractivity contribution in [1.82, 2.24) is 5.32 Å². The van der Waals surface area contributed by atoms with E-state index in [1.807, 2.05) is 33.8 Å². The zero-order valence-corrected chi connectivity index (χ0v) is 13.2. The maximum atomic E-state index is 11.7. The third kappa shape index (κ3) is 4.97. The van der Waals surface area contributed by atoms with Crippen LogP contribution in [0.1, 0.15) is 44.4 Å². The van der Waals surface area contributed by atoms with Gasteiger partial charge in [0.1, 0.15) is 5.75 Å². The third-order valence-corrected chi connectivity index (χ3v) is 3.34. The topological polar surface area (TPSA) is 87.1 Å². The molecule has 0 aliphatic carbocycles. The first kappa shape index (κ1) is 19.8. The first-order valence-corrected chi connectivity index (χ1v) is 6.77. The van der Waals surface area contributed by atoms with E-state index in [0.717, 1.165) is 16.7 Å². The van der Waals surface area contributed by atoms with E-state index in [1.54, 1.807) is 7.05 Å². The largest absolute Gasteiger partial charge is 0.487 e. The number of azide groups is 1. The van der Waals surface area contributed by atoms with Crippen molar-refractivity contribution in [3.05, 3.63) is 39.3 Å². The predicted octanol–water partition coefficient (Wildman–Crippen LogP) is 4.00. The second-order valence-electron chi connectivity index (χ2n) is 5.69. The first-order valence-electron chi connectivity index (χ1n) is 6.77. The molecule has 22 heavy (non-hydrogen) atoms. The first-order chi connectivity index (χ1) is 9.81. The molecule has 0 fully saturated rings. The van der Waals surface area contributed by atoms with Crippen molar-refractivity contribution < 1.29 is 9.53 Å². The van der Waals surface area contributed by atoms with E-state index >= 15 is 0 Å². The Morgan fingerprint density at radius 2 is 2.05 bits per heavy atom. The summed E-state index contributed by atoms with van der Waals surface area (Å²) in [7, 11) is 1.62. The van der Waals surface area contributed by atoms with E-state index in [-0.39, 0.29) is 25.5 Å². The van der Waals surface area contributed by atoms with Gasteiger partial charge < -0.3 is 10.1 Å². The molecule has 0 atom stereocenters. The van der Waals surface area contributed by atoms with Crippen LogP contribution in [0.3, 0.4) is 0 Å². The maximum Gasteiger partial charge on any atom is 0.220 e. The number of carbonyl (C=O) groups is 1. The number of hydrogen-bond donors (Lipinski definition) is 1. The number of carbonyl (C=O) groups excluding carboxylic acids is 1. The van der Waals surface area contributed by atoms with Gasteiger partial charge in [0.15, 0.2) is 6.73 Å². The molecule has 1 N–H and O–H groups in total. The van der Waals surface area contributed by atoms with Crippen LogP contribution in [0.25, 0.3) is 10.4 Å². The molecule has 0 aromatic heterocycles. The lowest BCUT2D eigenvalue weighted by molar-refractivity contribution is -0.121. The minimum atomic E-state index is -0.385. The van der Waals surface area contributed by atoms with E-state index in [2.05, 4.69) is 21.4 Å². The molecule has 0 aliphatic rings.